The Morgan fingerprint density at radius 1 is 1.39 bits per heavy atom. The van der Waals surface area contributed by atoms with Gasteiger partial charge in [-0.15, -0.1) is 5.10 Å². The van der Waals surface area contributed by atoms with Gasteiger partial charge in [-0.3, -0.25) is 4.79 Å². The number of primary amides is 1. The van der Waals surface area contributed by atoms with Crippen molar-refractivity contribution in [1.82, 2.24) is 9.59 Å². The first-order valence-corrected chi connectivity index (χ1v) is 6.08. The highest BCUT2D eigenvalue weighted by molar-refractivity contribution is 7.03. The maximum atomic E-state index is 10.5. The van der Waals surface area contributed by atoms with Crippen molar-refractivity contribution in [2.45, 2.75) is 6.54 Å². The molecule has 0 fully saturated rings. The molecule has 0 saturated heterocycles. The second-order valence-corrected chi connectivity index (χ2v) is 4.14. The number of hydrogen-bond donors (Lipinski definition) is 2. The number of aromatic nitrogens is 2. The van der Waals surface area contributed by atoms with E-state index in [1.54, 1.807) is 12.1 Å². The summed E-state index contributed by atoms with van der Waals surface area (Å²) in [5.74, 6) is 0.114. The van der Waals surface area contributed by atoms with Crippen LogP contribution in [0, 0.1) is 0 Å². The average molecular weight is 264 g/mol. The molecule has 94 valence electrons. The Morgan fingerprint density at radius 3 is 2.78 bits per heavy atom. The molecule has 0 bridgehead atoms. The first-order chi connectivity index (χ1) is 8.74. The Balaban J connectivity index is 1.85. The van der Waals surface area contributed by atoms with E-state index >= 15 is 0 Å². The summed E-state index contributed by atoms with van der Waals surface area (Å²) in [6.45, 7) is 0.509. The summed E-state index contributed by atoms with van der Waals surface area (Å²) in [7, 11) is 0. The first-order valence-electron chi connectivity index (χ1n) is 5.25. The highest BCUT2D eigenvalue weighted by Crippen LogP contribution is 2.16. The Morgan fingerprint density at radius 2 is 2.17 bits per heavy atom. The topological polar surface area (TPSA) is 90.1 Å². The van der Waals surface area contributed by atoms with Gasteiger partial charge in [-0.25, -0.2) is 0 Å². The van der Waals surface area contributed by atoms with E-state index in [1.807, 2.05) is 17.5 Å². The summed E-state index contributed by atoms with van der Waals surface area (Å²) < 4.78 is 8.93. The van der Waals surface area contributed by atoms with Crippen LogP contribution in [0.4, 0.5) is 5.69 Å². The van der Waals surface area contributed by atoms with Crippen molar-refractivity contribution in [3.8, 4) is 5.75 Å². The Kier molecular flexibility index (Phi) is 4.08. The largest absolute Gasteiger partial charge is 0.484 e. The number of anilines is 1. The smallest absolute Gasteiger partial charge is 0.255 e. The zero-order valence-corrected chi connectivity index (χ0v) is 10.3. The summed E-state index contributed by atoms with van der Waals surface area (Å²) in [6.07, 6.45) is 0. The van der Waals surface area contributed by atoms with Gasteiger partial charge in [0, 0.05) is 11.1 Å². The first kappa shape index (κ1) is 12.3. The Bertz CT molecular complexity index is 498. The highest BCUT2D eigenvalue weighted by atomic mass is 32.1. The van der Waals surface area contributed by atoms with Gasteiger partial charge in [-0.05, 0) is 35.8 Å². The number of hydrogen-bond acceptors (Lipinski definition) is 6. The van der Waals surface area contributed by atoms with E-state index in [-0.39, 0.29) is 6.61 Å². The molecule has 0 unspecified atom stereocenters. The molecule has 1 amide bonds. The predicted molar refractivity (Wildman–Crippen MR) is 68.4 cm³/mol. The minimum atomic E-state index is -0.492. The molecule has 3 N–H and O–H groups in total. The highest BCUT2D eigenvalue weighted by Gasteiger charge is 1.99. The van der Waals surface area contributed by atoms with Crippen LogP contribution < -0.4 is 15.8 Å². The molecule has 0 atom stereocenters. The van der Waals surface area contributed by atoms with Gasteiger partial charge >= 0.3 is 0 Å². The Hall–Kier alpha value is -2.15. The van der Waals surface area contributed by atoms with Crippen molar-refractivity contribution in [3.05, 3.63) is 35.3 Å². The molecule has 0 aliphatic carbocycles. The fourth-order valence-electron chi connectivity index (χ4n) is 1.28. The standard InChI is InChI=1S/C11H12N4O2S/c12-11(16)6-17-10-3-1-8(2-4-10)13-5-9-7-18-15-14-9/h1-4,7,13H,5-6H2,(H2,12,16). The average Bonchev–Trinajstić information content (AvgIpc) is 2.88. The molecule has 7 heteroatoms. The molecule has 2 aromatic rings. The van der Waals surface area contributed by atoms with Gasteiger partial charge in [0.05, 0.1) is 12.2 Å². The number of nitrogens with two attached hydrogens (primary N) is 1. The van der Waals surface area contributed by atoms with Crippen molar-refractivity contribution >= 4 is 23.1 Å². The SMILES string of the molecule is NC(=O)COc1ccc(NCc2csnn2)cc1. The fourth-order valence-corrected chi connectivity index (χ4v) is 1.73. The van der Waals surface area contributed by atoms with Crippen LogP contribution >= 0.6 is 11.5 Å². The summed E-state index contributed by atoms with van der Waals surface area (Å²) in [5, 5.41) is 9.01. The van der Waals surface area contributed by atoms with Crippen molar-refractivity contribution in [1.29, 1.82) is 0 Å². The van der Waals surface area contributed by atoms with Crippen LogP contribution in [0.3, 0.4) is 0 Å². The second kappa shape index (κ2) is 5.97. The normalized spacial score (nSPS) is 10.0. The molecule has 18 heavy (non-hydrogen) atoms. The minimum Gasteiger partial charge on any atom is -0.484 e. The molecule has 1 aromatic carbocycles. The number of carbonyl (C=O) groups is 1. The third-order valence-corrected chi connectivity index (χ3v) is 2.67. The van der Waals surface area contributed by atoms with Gasteiger partial charge in [0.1, 0.15) is 5.75 Å². The van der Waals surface area contributed by atoms with E-state index in [4.69, 9.17) is 10.5 Å². The number of benzene rings is 1. The van der Waals surface area contributed by atoms with Crippen LogP contribution in [0.25, 0.3) is 0 Å². The molecule has 1 heterocycles. The summed E-state index contributed by atoms with van der Waals surface area (Å²) in [6, 6.07) is 7.25. The zero-order chi connectivity index (χ0) is 12.8. The molecule has 2 rings (SSSR count). The van der Waals surface area contributed by atoms with E-state index in [0.717, 1.165) is 11.4 Å². The lowest BCUT2D eigenvalue weighted by Gasteiger charge is -2.06. The lowest BCUT2D eigenvalue weighted by Crippen LogP contribution is -2.19. The third-order valence-electron chi connectivity index (χ3n) is 2.11. The maximum absolute atomic E-state index is 10.5. The van der Waals surface area contributed by atoms with Crippen LogP contribution in [0.2, 0.25) is 0 Å². The van der Waals surface area contributed by atoms with Crippen molar-refractivity contribution < 1.29 is 9.53 Å². The van der Waals surface area contributed by atoms with Crippen molar-refractivity contribution in [2.24, 2.45) is 5.73 Å². The molecule has 1 aromatic heterocycles. The van der Waals surface area contributed by atoms with Gasteiger partial charge in [0.15, 0.2) is 6.61 Å². The lowest BCUT2D eigenvalue weighted by atomic mass is 10.3. The third kappa shape index (κ3) is 3.70. The number of ether oxygens (including phenoxy) is 1. The number of nitrogens with zero attached hydrogens (tertiary/aromatic N) is 2. The number of carbonyl (C=O) groups excluding carboxylic acids is 1. The molecular formula is C11H12N4O2S. The van der Waals surface area contributed by atoms with Gasteiger partial charge in [-0.1, -0.05) is 4.49 Å². The van der Waals surface area contributed by atoms with Crippen LogP contribution in [0.15, 0.2) is 29.6 Å². The second-order valence-electron chi connectivity index (χ2n) is 3.53. The van der Waals surface area contributed by atoms with Crippen LogP contribution in [-0.2, 0) is 11.3 Å². The monoisotopic (exact) mass is 264 g/mol. The molecule has 0 radical (unpaired) electrons. The van der Waals surface area contributed by atoms with Gasteiger partial charge in [-0.2, -0.15) is 0 Å². The number of amides is 1. The summed E-state index contributed by atoms with van der Waals surface area (Å²) in [4.78, 5) is 10.5. The van der Waals surface area contributed by atoms with E-state index in [0.29, 0.717) is 12.3 Å². The van der Waals surface area contributed by atoms with Crippen LogP contribution in [-0.4, -0.2) is 22.1 Å². The van der Waals surface area contributed by atoms with Crippen molar-refractivity contribution in [3.63, 3.8) is 0 Å². The molecule has 0 aliphatic rings. The number of nitrogens with one attached hydrogen (secondary N) is 1. The van der Waals surface area contributed by atoms with Gasteiger partial charge < -0.3 is 15.8 Å². The predicted octanol–water partition coefficient (Wildman–Crippen LogP) is 1.01. The Labute approximate surface area is 108 Å². The molecule has 6 nitrogen and oxygen atoms in total. The maximum Gasteiger partial charge on any atom is 0.255 e. The van der Waals surface area contributed by atoms with E-state index in [2.05, 4.69) is 14.9 Å². The summed E-state index contributed by atoms with van der Waals surface area (Å²) >= 11 is 1.32. The van der Waals surface area contributed by atoms with E-state index < -0.39 is 5.91 Å². The van der Waals surface area contributed by atoms with Gasteiger partial charge in [0.2, 0.25) is 0 Å². The fraction of sp³-hybridized carbons (Fsp3) is 0.182. The van der Waals surface area contributed by atoms with E-state index in [1.165, 1.54) is 11.5 Å². The number of rotatable bonds is 6. The van der Waals surface area contributed by atoms with Crippen LogP contribution in [0.5, 0.6) is 5.75 Å². The van der Waals surface area contributed by atoms with Crippen LogP contribution in [0.1, 0.15) is 5.69 Å². The lowest BCUT2D eigenvalue weighted by molar-refractivity contribution is -0.119. The van der Waals surface area contributed by atoms with E-state index in [9.17, 15) is 4.79 Å². The minimum absolute atomic E-state index is 0.114. The van der Waals surface area contributed by atoms with Crippen molar-refractivity contribution in [2.75, 3.05) is 11.9 Å². The molecule has 0 spiro atoms. The molecular weight excluding hydrogens is 252 g/mol. The molecule has 0 aliphatic heterocycles. The van der Waals surface area contributed by atoms with Gasteiger partial charge in [0.25, 0.3) is 5.91 Å². The quantitative estimate of drug-likeness (QED) is 0.812. The zero-order valence-electron chi connectivity index (χ0n) is 9.50. The summed E-state index contributed by atoms with van der Waals surface area (Å²) in [5.41, 5.74) is 6.82. The molecule has 0 saturated carbocycles.